The quantitative estimate of drug-likeness (QED) is 0.850. The number of aromatic nitrogens is 1. The molecular formula is C16H18BrN3O. The summed E-state index contributed by atoms with van der Waals surface area (Å²) >= 11 is 3.50. The predicted octanol–water partition coefficient (Wildman–Crippen LogP) is 4.23. The maximum Gasteiger partial charge on any atom is 0.257 e. The molecule has 1 aromatic carbocycles. The van der Waals surface area contributed by atoms with E-state index in [0.717, 1.165) is 34.4 Å². The topological polar surface area (TPSA) is 54.0 Å². The molecule has 0 aliphatic heterocycles. The van der Waals surface area contributed by atoms with E-state index in [1.165, 1.54) is 0 Å². The third-order valence-corrected chi connectivity index (χ3v) is 4.12. The van der Waals surface area contributed by atoms with Crippen molar-refractivity contribution in [2.75, 3.05) is 17.2 Å². The van der Waals surface area contributed by atoms with Gasteiger partial charge in [0.05, 0.1) is 23.1 Å². The van der Waals surface area contributed by atoms with Crippen molar-refractivity contribution in [1.29, 1.82) is 0 Å². The van der Waals surface area contributed by atoms with Crippen molar-refractivity contribution in [2.24, 2.45) is 0 Å². The van der Waals surface area contributed by atoms with E-state index in [4.69, 9.17) is 0 Å². The highest BCUT2D eigenvalue weighted by Gasteiger charge is 2.13. The molecule has 1 aromatic heterocycles. The molecule has 0 radical (unpaired) electrons. The average molecular weight is 348 g/mol. The van der Waals surface area contributed by atoms with Crippen molar-refractivity contribution in [3.8, 4) is 0 Å². The van der Waals surface area contributed by atoms with Crippen LogP contribution in [-0.2, 0) is 0 Å². The number of hydrogen-bond acceptors (Lipinski definition) is 3. The summed E-state index contributed by atoms with van der Waals surface area (Å²) in [5.41, 5.74) is 3.18. The average Bonchev–Trinajstić information content (AvgIpc) is 2.50. The van der Waals surface area contributed by atoms with Gasteiger partial charge in [-0.15, -0.1) is 0 Å². The Hall–Kier alpha value is -1.88. The smallest absolute Gasteiger partial charge is 0.257 e. The number of anilines is 2. The molecule has 5 heteroatoms. The van der Waals surface area contributed by atoms with Crippen molar-refractivity contribution in [3.05, 3.63) is 52.3 Å². The molecule has 1 amide bonds. The number of aryl methyl sites for hydroxylation is 1. The summed E-state index contributed by atoms with van der Waals surface area (Å²) in [5, 5.41) is 6.15. The first kappa shape index (κ1) is 15.5. The molecule has 0 saturated heterocycles. The highest BCUT2D eigenvalue weighted by Crippen LogP contribution is 2.26. The molecule has 2 rings (SSSR count). The van der Waals surface area contributed by atoms with Gasteiger partial charge in [-0.3, -0.25) is 9.78 Å². The van der Waals surface area contributed by atoms with Gasteiger partial charge in [0.2, 0.25) is 0 Å². The lowest BCUT2D eigenvalue weighted by Crippen LogP contribution is -2.15. The Labute approximate surface area is 133 Å². The number of rotatable bonds is 5. The third-order valence-electron chi connectivity index (χ3n) is 3.07. The SMILES string of the molecule is CCCNc1cnccc1C(=O)Nc1cccc(C)c1Br. The Morgan fingerprint density at radius 2 is 2.10 bits per heavy atom. The fourth-order valence-corrected chi connectivity index (χ4v) is 2.29. The van der Waals surface area contributed by atoms with Crippen LogP contribution in [0, 0.1) is 6.92 Å². The van der Waals surface area contributed by atoms with Crippen molar-refractivity contribution in [3.63, 3.8) is 0 Å². The molecule has 0 saturated carbocycles. The van der Waals surface area contributed by atoms with Crippen LogP contribution in [0.3, 0.4) is 0 Å². The molecule has 0 spiro atoms. The highest BCUT2D eigenvalue weighted by atomic mass is 79.9. The molecule has 0 aliphatic carbocycles. The van der Waals surface area contributed by atoms with E-state index >= 15 is 0 Å². The van der Waals surface area contributed by atoms with Crippen LogP contribution in [-0.4, -0.2) is 17.4 Å². The molecule has 2 aromatic rings. The number of nitrogens with zero attached hydrogens (tertiary/aromatic N) is 1. The minimum Gasteiger partial charge on any atom is -0.383 e. The Bertz CT molecular complexity index is 643. The van der Waals surface area contributed by atoms with Crippen molar-refractivity contribution in [2.45, 2.75) is 20.3 Å². The third kappa shape index (κ3) is 3.82. The standard InChI is InChI=1S/C16H18BrN3O/c1-3-8-19-14-10-18-9-7-12(14)16(21)20-13-6-4-5-11(2)15(13)17/h4-7,9-10,19H,3,8H2,1-2H3,(H,20,21). The Kier molecular flexibility index (Phi) is 5.33. The van der Waals surface area contributed by atoms with Crippen molar-refractivity contribution >= 4 is 33.2 Å². The number of pyridine rings is 1. The molecule has 0 unspecified atom stereocenters. The molecule has 1 heterocycles. The van der Waals surface area contributed by atoms with Gasteiger partial charge >= 0.3 is 0 Å². The second-order valence-electron chi connectivity index (χ2n) is 4.74. The number of hydrogen-bond donors (Lipinski definition) is 2. The zero-order chi connectivity index (χ0) is 15.2. The Morgan fingerprint density at radius 3 is 2.86 bits per heavy atom. The predicted molar refractivity (Wildman–Crippen MR) is 89.8 cm³/mol. The van der Waals surface area contributed by atoms with Crippen LogP contribution in [0.1, 0.15) is 29.3 Å². The largest absolute Gasteiger partial charge is 0.383 e. The van der Waals surface area contributed by atoms with E-state index in [2.05, 4.69) is 38.5 Å². The van der Waals surface area contributed by atoms with Crippen LogP contribution in [0.25, 0.3) is 0 Å². The summed E-state index contributed by atoms with van der Waals surface area (Å²) in [5.74, 6) is -0.151. The summed E-state index contributed by atoms with van der Waals surface area (Å²) in [7, 11) is 0. The zero-order valence-electron chi connectivity index (χ0n) is 12.1. The summed E-state index contributed by atoms with van der Waals surface area (Å²) in [6.45, 7) is 4.87. The van der Waals surface area contributed by atoms with E-state index < -0.39 is 0 Å². The fourth-order valence-electron chi connectivity index (χ4n) is 1.93. The Morgan fingerprint density at radius 1 is 1.29 bits per heavy atom. The van der Waals surface area contributed by atoms with Crippen LogP contribution in [0.5, 0.6) is 0 Å². The van der Waals surface area contributed by atoms with E-state index in [1.807, 2.05) is 25.1 Å². The van der Waals surface area contributed by atoms with Crippen LogP contribution < -0.4 is 10.6 Å². The summed E-state index contributed by atoms with van der Waals surface area (Å²) in [4.78, 5) is 16.5. The lowest BCUT2D eigenvalue weighted by atomic mass is 10.2. The lowest BCUT2D eigenvalue weighted by molar-refractivity contribution is 0.102. The molecule has 2 N–H and O–H groups in total. The van der Waals surface area contributed by atoms with Gasteiger partial charge in [-0.1, -0.05) is 19.1 Å². The molecular weight excluding hydrogens is 330 g/mol. The van der Waals surface area contributed by atoms with Gasteiger partial charge in [-0.25, -0.2) is 0 Å². The summed E-state index contributed by atoms with van der Waals surface area (Å²) < 4.78 is 0.899. The second kappa shape index (κ2) is 7.22. The number of carbonyl (C=O) groups is 1. The van der Waals surface area contributed by atoms with Crippen molar-refractivity contribution < 1.29 is 4.79 Å². The number of carbonyl (C=O) groups excluding carboxylic acids is 1. The molecule has 110 valence electrons. The van der Waals surface area contributed by atoms with Gasteiger partial charge in [0.1, 0.15) is 0 Å². The number of halogens is 1. The number of benzene rings is 1. The van der Waals surface area contributed by atoms with Gasteiger partial charge in [0, 0.05) is 17.2 Å². The Balaban J connectivity index is 2.22. The van der Waals surface area contributed by atoms with Gasteiger partial charge in [0.15, 0.2) is 0 Å². The normalized spacial score (nSPS) is 10.2. The molecule has 21 heavy (non-hydrogen) atoms. The molecule has 0 aliphatic rings. The van der Waals surface area contributed by atoms with Crippen LogP contribution >= 0.6 is 15.9 Å². The van der Waals surface area contributed by atoms with Crippen molar-refractivity contribution in [1.82, 2.24) is 4.98 Å². The van der Waals surface area contributed by atoms with E-state index in [-0.39, 0.29) is 5.91 Å². The fraction of sp³-hybridized carbons (Fsp3) is 0.250. The van der Waals surface area contributed by atoms with Crippen LogP contribution in [0.2, 0.25) is 0 Å². The molecule has 0 fully saturated rings. The monoisotopic (exact) mass is 347 g/mol. The highest BCUT2D eigenvalue weighted by molar-refractivity contribution is 9.10. The minimum absolute atomic E-state index is 0.151. The zero-order valence-corrected chi connectivity index (χ0v) is 13.7. The van der Waals surface area contributed by atoms with E-state index in [1.54, 1.807) is 18.5 Å². The van der Waals surface area contributed by atoms with Gasteiger partial charge < -0.3 is 10.6 Å². The maximum absolute atomic E-state index is 12.5. The molecule has 0 atom stereocenters. The minimum atomic E-state index is -0.151. The molecule has 0 bridgehead atoms. The van der Waals surface area contributed by atoms with E-state index in [0.29, 0.717) is 5.56 Å². The molecule has 4 nitrogen and oxygen atoms in total. The van der Waals surface area contributed by atoms with Crippen LogP contribution in [0.15, 0.2) is 41.1 Å². The summed E-state index contributed by atoms with van der Waals surface area (Å²) in [6.07, 6.45) is 4.28. The first-order valence-electron chi connectivity index (χ1n) is 6.87. The van der Waals surface area contributed by atoms with E-state index in [9.17, 15) is 4.79 Å². The summed E-state index contributed by atoms with van der Waals surface area (Å²) in [6, 6.07) is 7.49. The number of nitrogens with one attached hydrogen (secondary N) is 2. The van der Waals surface area contributed by atoms with Gasteiger partial charge in [-0.05, 0) is 47.0 Å². The van der Waals surface area contributed by atoms with Gasteiger partial charge in [0.25, 0.3) is 5.91 Å². The van der Waals surface area contributed by atoms with Gasteiger partial charge in [-0.2, -0.15) is 0 Å². The number of amides is 1. The first-order chi connectivity index (χ1) is 10.1. The maximum atomic E-state index is 12.5. The first-order valence-corrected chi connectivity index (χ1v) is 7.67. The van der Waals surface area contributed by atoms with Crippen LogP contribution in [0.4, 0.5) is 11.4 Å². The lowest BCUT2D eigenvalue weighted by Gasteiger charge is -2.12. The second-order valence-corrected chi connectivity index (χ2v) is 5.53.